The largest absolute Gasteiger partial charge is 0.481 e. The van der Waals surface area contributed by atoms with Crippen LogP contribution in [-0.4, -0.2) is 25.3 Å². The van der Waals surface area contributed by atoms with Gasteiger partial charge in [0.15, 0.2) is 5.78 Å². The van der Waals surface area contributed by atoms with Crippen molar-refractivity contribution in [3.05, 3.63) is 29.8 Å². The summed E-state index contributed by atoms with van der Waals surface area (Å²) in [6.45, 7) is 0. The predicted molar refractivity (Wildman–Crippen MR) is 51.3 cm³/mol. The summed E-state index contributed by atoms with van der Waals surface area (Å²) in [6, 6.07) is 3.95. The van der Waals surface area contributed by atoms with Crippen molar-refractivity contribution in [2.75, 3.05) is 0 Å². The van der Waals surface area contributed by atoms with E-state index in [1.807, 2.05) is 0 Å². The number of aliphatic carboxylic acids is 1. The molecule has 0 heterocycles. The van der Waals surface area contributed by atoms with E-state index in [2.05, 4.69) is 0 Å². The zero-order valence-electron chi connectivity index (χ0n) is 7.88. The van der Waals surface area contributed by atoms with E-state index in [4.69, 9.17) is 5.11 Å². The summed E-state index contributed by atoms with van der Waals surface area (Å²) in [4.78, 5) is 20.9. The Morgan fingerprint density at radius 3 is 2.06 bits per heavy atom. The summed E-state index contributed by atoms with van der Waals surface area (Å²) < 4.78 is 33.3. The van der Waals surface area contributed by atoms with Gasteiger partial charge in [-0.3, -0.25) is 9.59 Å². The van der Waals surface area contributed by atoms with Crippen LogP contribution in [0.5, 0.6) is 0 Å². The predicted octanol–water partition coefficient (Wildman–Crippen LogP) is 1.00. The van der Waals surface area contributed by atoms with E-state index in [-0.39, 0.29) is 5.56 Å². The zero-order valence-corrected chi connectivity index (χ0v) is 8.70. The minimum absolute atomic E-state index is 0.0230. The molecule has 7 heteroatoms. The Labute approximate surface area is 90.7 Å². The Morgan fingerprint density at radius 1 is 1.19 bits per heavy atom. The van der Waals surface area contributed by atoms with Crippen LogP contribution in [0.25, 0.3) is 0 Å². The number of carbonyl (C=O) groups excluding carboxylic acids is 1. The highest BCUT2D eigenvalue weighted by Gasteiger charge is 2.14. The van der Waals surface area contributed by atoms with E-state index in [9.17, 15) is 21.9 Å². The van der Waals surface area contributed by atoms with Crippen molar-refractivity contribution in [1.82, 2.24) is 0 Å². The molecule has 0 aliphatic heterocycles. The van der Waals surface area contributed by atoms with Crippen molar-refractivity contribution >= 4 is 22.0 Å². The molecule has 1 aromatic carbocycles. The van der Waals surface area contributed by atoms with E-state index in [1.54, 1.807) is 0 Å². The second-order valence-corrected chi connectivity index (χ2v) is 4.30. The third kappa shape index (κ3) is 3.13. The highest BCUT2D eigenvalue weighted by atomic mass is 32.3. The number of rotatable bonds is 4. The molecule has 0 spiro atoms. The van der Waals surface area contributed by atoms with Crippen LogP contribution in [0.4, 0.5) is 3.89 Å². The van der Waals surface area contributed by atoms with Crippen LogP contribution in [0.1, 0.15) is 16.8 Å². The SMILES string of the molecule is O=C(O)CC(=O)c1ccc(S(=O)(=O)F)cc1. The normalized spacial score (nSPS) is 11.1. The molecule has 5 nitrogen and oxygen atoms in total. The van der Waals surface area contributed by atoms with Gasteiger partial charge in [-0.2, -0.15) is 8.42 Å². The van der Waals surface area contributed by atoms with Crippen LogP contribution in [0, 0.1) is 0 Å². The zero-order chi connectivity index (χ0) is 12.3. The van der Waals surface area contributed by atoms with Gasteiger partial charge in [0.05, 0.1) is 4.90 Å². The van der Waals surface area contributed by atoms with Gasteiger partial charge in [-0.15, -0.1) is 3.89 Å². The van der Waals surface area contributed by atoms with Crippen LogP contribution >= 0.6 is 0 Å². The summed E-state index contributed by atoms with van der Waals surface area (Å²) in [6.07, 6.45) is -0.693. The number of halogens is 1. The highest BCUT2D eigenvalue weighted by Crippen LogP contribution is 2.13. The van der Waals surface area contributed by atoms with Crippen LogP contribution in [-0.2, 0) is 15.0 Å². The Hall–Kier alpha value is -1.76. The Bertz CT molecular complexity index is 517. The summed E-state index contributed by atoms with van der Waals surface area (Å²) in [5.41, 5.74) is 0.0230. The first-order chi connectivity index (χ1) is 7.30. The van der Waals surface area contributed by atoms with Crippen molar-refractivity contribution in [3.8, 4) is 0 Å². The molecule has 0 amide bonds. The second-order valence-electron chi connectivity index (χ2n) is 2.96. The number of ketones is 1. The number of benzene rings is 1. The topological polar surface area (TPSA) is 88.5 Å². The van der Waals surface area contributed by atoms with E-state index in [0.717, 1.165) is 24.3 Å². The molecule has 16 heavy (non-hydrogen) atoms. The van der Waals surface area contributed by atoms with Crippen LogP contribution in [0.3, 0.4) is 0 Å². The molecule has 0 bridgehead atoms. The number of carboxylic acids is 1. The molecule has 0 atom stereocenters. The van der Waals surface area contributed by atoms with E-state index < -0.39 is 33.3 Å². The maximum Gasteiger partial charge on any atom is 0.332 e. The van der Waals surface area contributed by atoms with E-state index in [0.29, 0.717) is 0 Å². The maximum absolute atomic E-state index is 12.5. The fraction of sp³-hybridized carbons (Fsp3) is 0.111. The summed E-state index contributed by atoms with van der Waals surface area (Å²) >= 11 is 0. The van der Waals surface area contributed by atoms with Gasteiger partial charge in [-0.25, -0.2) is 0 Å². The van der Waals surface area contributed by atoms with Gasteiger partial charge in [0, 0.05) is 5.56 Å². The van der Waals surface area contributed by atoms with Gasteiger partial charge in [0.1, 0.15) is 6.42 Å². The molecule has 0 radical (unpaired) electrons. The number of carboxylic acid groups (broad SMARTS) is 1. The lowest BCUT2D eigenvalue weighted by molar-refractivity contribution is -0.135. The minimum atomic E-state index is -4.80. The Kier molecular flexibility index (Phi) is 3.38. The number of hydrogen-bond acceptors (Lipinski definition) is 4. The van der Waals surface area contributed by atoms with Crippen molar-refractivity contribution in [1.29, 1.82) is 0 Å². The molecule has 0 aliphatic rings. The first-order valence-electron chi connectivity index (χ1n) is 4.10. The molecule has 0 aromatic heterocycles. The first-order valence-corrected chi connectivity index (χ1v) is 5.49. The monoisotopic (exact) mass is 246 g/mol. The highest BCUT2D eigenvalue weighted by molar-refractivity contribution is 7.86. The van der Waals surface area contributed by atoms with Crippen molar-refractivity contribution in [2.24, 2.45) is 0 Å². The Morgan fingerprint density at radius 2 is 1.69 bits per heavy atom. The van der Waals surface area contributed by atoms with E-state index in [1.165, 1.54) is 0 Å². The minimum Gasteiger partial charge on any atom is -0.481 e. The lowest BCUT2D eigenvalue weighted by Crippen LogP contribution is -2.07. The lowest BCUT2D eigenvalue weighted by Gasteiger charge is -1.99. The molecule has 86 valence electrons. The molecule has 0 saturated heterocycles. The van der Waals surface area contributed by atoms with Crippen LogP contribution in [0.2, 0.25) is 0 Å². The van der Waals surface area contributed by atoms with Crippen LogP contribution in [0.15, 0.2) is 29.2 Å². The van der Waals surface area contributed by atoms with Gasteiger partial charge in [0.25, 0.3) is 0 Å². The van der Waals surface area contributed by atoms with Gasteiger partial charge >= 0.3 is 16.2 Å². The summed E-state index contributed by atoms with van der Waals surface area (Å²) in [7, 11) is -4.80. The summed E-state index contributed by atoms with van der Waals surface area (Å²) in [5.74, 6) is -1.96. The molecular formula is C9H7FO5S. The molecule has 0 fully saturated rings. The lowest BCUT2D eigenvalue weighted by atomic mass is 10.1. The first kappa shape index (κ1) is 12.3. The summed E-state index contributed by atoms with van der Waals surface area (Å²) in [5, 5.41) is 8.35. The third-order valence-electron chi connectivity index (χ3n) is 1.77. The Balaban J connectivity index is 2.96. The fourth-order valence-electron chi connectivity index (χ4n) is 1.04. The van der Waals surface area contributed by atoms with Crippen molar-refractivity contribution < 1.29 is 27.0 Å². The quantitative estimate of drug-likeness (QED) is 0.486. The van der Waals surface area contributed by atoms with Gasteiger partial charge in [0.2, 0.25) is 0 Å². The molecule has 1 N–H and O–H groups in total. The molecule has 1 rings (SSSR count). The molecule has 0 saturated carbocycles. The average molecular weight is 246 g/mol. The van der Waals surface area contributed by atoms with Crippen molar-refractivity contribution in [3.63, 3.8) is 0 Å². The second kappa shape index (κ2) is 4.40. The number of carbonyl (C=O) groups is 2. The maximum atomic E-state index is 12.5. The molecule has 0 unspecified atom stereocenters. The number of Topliss-reactive ketones (excluding diaryl/α,β-unsaturated/α-hetero) is 1. The van der Waals surface area contributed by atoms with Gasteiger partial charge < -0.3 is 5.11 Å². The van der Waals surface area contributed by atoms with Crippen LogP contribution < -0.4 is 0 Å². The third-order valence-corrected chi connectivity index (χ3v) is 2.60. The molecule has 0 aliphatic carbocycles. The van der Waals surface area contributed by atoms with E-state index >= 15 is 0 Å². The average Bonchev–Trinajstić information content (AvgIpc) is 2.15. The van der Waals surface area contributed by atoms with Crippen molar-refractivity contribution in [2.45, 2.75) is 11.3 Å². The smallest absolute Gasteiger partial charge is 0.332 e. The molecular weight excluding hydrogens is 239 g/mol. The van der Waals surface area contributed by atoms with Gasteiger partial charge in [-0.1, -0.05) is 12.1 Å². The fourth-order valence-corrected chi connectivity index (χ4v) is 1.50. The molecule has 1 aromatic rings. The number of hydrogen-bond donors (Lipinski definition) is 1. The standard InChI is InChI=1S/C9H7FO5S/c10-16(14,15)7-3-1-6(2-4-7)8(11)5-9(12)13/h1-4H,5H2,(H,12,13). The van der Waals surface area contributed by atoms with Gasteiger partial charge in [-0.05, 0) is 12.1 Å².